The molecule has 0 aliphatic carbocycles. The van der Waals surface area contributed by atoms with E-state index in [2.05, 4.69) is 4.98 Å². The van der Waals surface area contributed by atoms with Crippen LogP contribution >= 0.6 is 22.7 Å². The Morgan fingerprint density at radius 1 is 0.969 bits per heavy atom. The van der Waals surface area contributed by atoms with Crippen LogP contribution in [0.2, 0.25) is 0 Å². The van der Waals surface area contributed by atoms with E-state index in [1.54, 1.807) is 29.6 Å². The summed E-state index contributed by atoms with van der Waals surface area (Å²) in [7, 11) is 0. The zero-order chi connectivity index (χ0) is 22.1. The van der Waals surface area contributed by atoms with Gasteiger partial charge in [-0.05, 0) is 23.8 Å². The number of thiophene rings is 1. The topological polar surface area (TPSA) is 76.5 Å². The maximum Gasteiger partial charge on any atom is 0.299 e. The highest BCUT2D eigenvalue weighted by atomic mass is 32.1. The molecule has 0 unspecified atom stereocenters. The van der Waals surface area contributed by atoms with Gasteiger partial charge in [-0.1, -0.05) is 54.6 Å². The molecule has 0 saturated carbocycles. The van der Waals surface area contributed by atoms with Crippen molar-refractivity contribution in [2.45, 2.75) is 0 Å². The van der Waals surface area contributed by atoms with Gasteiger partial charge in [0.2, 0.25) is 11.7 Å². The molecule has 0 saturated heterocycles. The predicted octanol–water partition coefficient (Wildman–Crippen LogP) is 6.16. The molecule has 2 aromatic heterocycles. The first kappa shape index (κ1) is 20.1. The molecule has 1 N–H and O–H groups in total. The van der Waals surface area contributed by atoms with Crippen LogP contribution in [0.15, 0.2) is 78.2 Å². The van der Waals surface area contributed by atoms with E-state index in [0.717, 1.165) is 31.8 Å². The lowest BCUT2D eigenvalue weighted by atomic mass is 9.97. The fourth-order valence-corrected chi connectivity index (χ4v) is 5.48. The molecule has 5 aromatic rings. The lowest BCUT2D eigenvalue weighted by Gasteiger charge is -2.06. The Morgan fingerprint density at radius 3 is 2.47 bits per heavy atom. The minimum atomic E-state index is -0.0547. The zero-order valence-electron chi connectivity index (χ0n) is 16.5. The summed E-state index contributed by atoms with van der Waals surface area (Å²) in [5.41, 5.74) is 3.24. The highest BCUT2D eigenvalue weighted by Crippen LogP contribution is 2.42. The second kappa shape index (κ2) is 8.37. The third-order valence-corrected chi connectivity index (χ3v) is 7.01. The van der Waals surface area contributed by atoms with Gasteiger partial charge in [0.15, 0.2) is 0 Å². The molecule has 0 aliphatic rings. The van der Waals surface area contributed by atoms with Gasteiger partial charge in [0, 0.05) is 26.8 Å². The molecule has 3 aromatic carbocycles. The monoisotopic (exact) mass is 457 g/mol. The van der Waals surface area contributed by atoms with Gasteiger partial charge in [-0.2, -0.15) is 0 Å². The average Bonchev–Trinajstić information content (AvgIpc) is 3.44. The first-order chi connectivity index (χ1) is 15.6. The number of hydrogen-bond donors (Lipinski definition) is 1. The van der Waals surface area contributed by atoms with E-state index in [1.807, 2.05) is 48.5 Å². The number of phenols is 1. The molecule has 32 heavy (non-hydrogen) atoms. The van der Waals surface area contributed by atoms with Crippen molar-refractivity contribution >= 4 is 45.0 Å². The summed E-state index contributed by atoms with van der Waals surface area (Å²) >= 11 is 2.76. The quantitative estimate of drug-likeness (QED) is 0.244. The van der Waals surface area contributed by atoms with Crippen LogP contribution in [0.4, 0.5) is 0 Å². The Kier molecular flexibility index (Phi) is 5.26. The molecule has 0 aliphatic heterocycles. The van der Waals surface area contributed by atoms with Crippen LogP contribution in [0, 0.1) is 0 Å². The Bertz CT molecular complexity index is 1440. The fraction of sp³-hybridized carbons (Fsp3) is 0. The SMILES string of the molecule is O=COc1csc(-c2ccc(-c3c(C(=O)c4ccccc4)sc4cc(O)ccc34)cc2)n1. The number of carbonyl (C=O) groups is 2. The van der Waals surface area contributed by atoms with Crippen molar-refractivity contribution in [3.63, 3.8) is 0 Å². The number of fused-ring (bicyclic) bond motifs is 1. The largest absolute Gasteiger partial charge is 0.508 e. The molecule has 0 atom stereocenters. The van der Waals surface area contributed by atoms with Crippen molar-refractivity contribution in [3.05, 3.63) is 88.6 Å². The van der Waals surface area contributed by atoms with Gasteiger partial charge >= 0.3 is 0 Å². The summed E-state index contributed by atoms with van der Waals surface area (Å²) in [5, 5.41) is 13.3. The van der Waals surface area contributed by atoms with E-state index in [1.165, 1.54) is 22.7 Å². The number of hydrogen-bond acceptors (Lipinski definition) is 7. The molecule has 5 rings (SSSR count). The van der Waals surface area contributed by atoms with Gasteiger partial charge in [-0.3, -0.25) is 9.59 Å². The smallest absolute Gasteiger partial charge is 0.299 e. The minimum Gasteiger partial charge on any atom is -0.508 e. The number of phenolic OH excluding ortho intramolecular Hbond substituents is 1. The lowest BCUT2D eigenvalue weighted by molar-refractivity contribution is -0.120. The highest BCUT2D eigenvalue weighted by molar-refractivity contribution is 7.21. The van der Waals surface area contributed by atoms with Crippen molar-refractivity contribution < 1.29 is 19.4 Å². The van der Waals surface area contributed by atoms with Crippen LogP contribution in [0.1, 0.15) is 15.2 Å². The van der Waals surface area contributed by atoms with Crippen molar-refractivity contribution in [1.82, 2.24) is 4.98 Å². The number of nitrogens with zero attached hydrogens (tertiary/aromatic N) is 1. The number of benzene rings is 3. The third kappa shape index (κ3) is 3.68. The molecule has 0 fully saturated rings. The van der Waals surface area contributed by atoms with Gasteiger partial charge in [0.05, 0.1) is 10.3 Å². The van der Waals surface area contributed by atoms with Gasteiger partial charge in [-0.15, -0.1) is 22.7 Å². The van der Waals surface area contributed by atoms with Crippen LogP contribution < -0.4 is 4.74 Å². The highest BCUT2D eigenvalue weighted by Gasteiger charge is 2.21. The maximum atomic E-state index is 13.3. The maximum absolute atomic E-state index is 13.3. The molecule has 5 nitrogen and oxygen atoms in total. The molecular weight excluding hydrogens is 442 g/mol. The summed E-state index contributed by atoms with van der Waals surface area (Å²) < 4.78 is 5.64. The number of thiazole rings is 1. The lowest BCUT2D eigenvalue weighted by Crippen LogP contribution is -2.00. The van der Waals surface area contributed by atoms with Crippen molar-refractivity contribution in [2.75, 3.05) is 0 Å². The number of ether oxygens (including phenoxy) is 1. The van der Waals surface area contributed by atoms with Crippen LogP contribution in [0.3, 0.4) is 0 Å². The molecule has 156 valence electrons. The first-order valence-electron chi connectivity index (χ1n) is 9.66. The second-order valence-corrected chi connectivity index (χ2v) is 8.87. The number of carbonyl (C=O) groups excluding carboxylic acids is 2. The summed E-state index contributed by atoms with van der Waals surface area (Å²) in [6.07, 6.45) is 0. The fourth-order valence-electron chi connectivity index (χ4n) is 3.53. The molecule has 0 spiro atoms. The number of ketones is 1. The Hall–Kier alpha value is -3.81. The Morgan fingerprint density at radius 2 is 1.72 bits per heavy atom. The standard InChI is InChI=1S/C25H15NO4S2/c27-14-30-21-13-31-25(26-21)17-8-6-15(7-9-17)22-19-11-10-18(28)12-20(19)32-24(22)23(29)16-4-2-1-3-5-16/h1-14,28H. The van der Waals surface area contributed by atoms with Gasteiger partial charge < -0.3 is 9.84 Å². The van der Waals surface area contributed by atoms with Gasteiger partial charge in [-0.25, -0.2) is 4.98 Å². The van der Waals surface area contributed by atoms with Crippen molar-refractivity contribution in [3.8, 4) is 33.3 Å². The van der Waals surface area contributed by atoms with Crippen LogP contribution in [-0.4, -0.2) is 22.3 Å². The van der Waals surface area contributed by atoms with E-state index < -0.39 is 0 Å². The predicted molar refractivity (Wildman–Crippen MR) is 127 cm³/mol. The Balaban J connectivity index is 1.61. The molecule has 0 bridgehead atoms. The van der Waals surface area contributed by atoms with Gasteiger partial charge in [0.1, 0.15) is 10.8 Å². The van der Waals surface area contributed by atoms with E-state index in [9.17, 15) is 14.7 Å². The first-order valence-corrected chi connectivity index (χ1v) is 11.4. The third-order valence-electron chi connectivity index (χ3n) is 4.99. The number of rotatable bonds is 6. The molecule has 0 amide bonds. The van der Waals surface area contributed by atoms with Gasteiger partial charge in [0.25, 0.3) is 6.47 Å². The normalized spacial score (nSPS) is 10.9. The summed E-state index contributed by atoms with van der Waals surface area (Å²) in [6.45, 7) is 0.354. The van der Waals surface area contributed by atoms with E-state index >= 15 is 0 Å². The number of aromatic nitrogens is 1. The summed E-state index contributed by atoms with van der Waals surface area (Å²) in [6, 6.07) is 22.1. The minimum absolute atomic E-state index is 0.0547. The Labute approximate surface area is 191 Å². The molecule has 2 heterocycles. The number of aromatic hydroxyl groups is 1. The summed E-state index contributed by atoms with van der Waals surface area (Å²) in [5.74, 6) is 0.376. The van der Waals surface area contributed by atoms with E-state index in [4.69, 9.17) is 4.74 Å². The van der Waals surface area contributed by atoms with E-state index in [0.29, 0.717) is 16.9 Å². The van der Waals surface area contributed by atoms with Crippen molar-refractivity contribution in [2.24, 2.45) is 0 Å². The van der Waals surface area contributed by atoms with Crippen LogP contribution in [-0.2, 0) is 4.79 Å². The zero-order valence-corrected chi connectivity index (χ0v) is 18.2. The second-order valence-electron chi connectivity index (χ2n) is 6.96. The summed E-state index contributed by atoms with van der Waals surface area (Å²) in [4.78, 5) is 28.8. The van der Waals surface area contributed by atoms with Crippen LogP contribution in [0.5, 0.6) is 11.6 Å². The van der Waals surface area contributed by atoms with Crippen molar-refractivity contribution in [1.29, 1.82) is 0 Å². The molecule has 7 heteroatoms. The molecule has 0 radical (unpaired) electrons. The average molecular weight is 458 g/mol. The van der Waals surface area contributed by atoms with Crippen LogP contribution in [0.25, 0.3) is 31.8 Å². The van der Waals surface area contributed by atoms with E-state index in [-0.39, 0.29) is 17.4 Å². The molecular formula is C25H15NO4S2.